The van der Waals surface area contributed by atoms with Crippen LogP contribution in [0.25, 0.3) is 0 Å². The zero-order valence-corrected chi connectivity index (χ0v) is 20.4. The highest BCUT2D eigenvalue weighted by atomic mass is 16.6. The van der Waals surface area contributed by atoms with Crippen molar-refractivity contribution in [3.8, 4) is 0 Å². The van der Waals surface area contributed by atoms with Crippen LogP contribution >= 0.6 is 0 Å². The molecular weight excluding hydrogens is 426 g/mol. The highest BCUT2D eigenvalue weighted by Gasteiger charge is 2.40. The van der Waals surface area contributed by atoms with Gasteiger partial charge < -0.3 is 4.74 Å². The number of nitrogens with zero attached hydrogens (tertiary/aromatic N) is 5. The van der Waals surface area contributed by atoms with Crippen LogP contribution in [-0.2, 0) is 17.6 Å². The molecule has 178 valence electrons. The molecule has 0 radical (unpaired) electrons. The van der Waals surface area contributed by atoms with Gasteiger partial charge in [0.2, 0.25) is 0 Å². The number of aryl methyl sites for hydroxylation is 3. The molecule has 1 aliphatic rings. The number of rotatable bonds is 5. The lowest BCUT2D eigenvalue weighted by Crippen LogP contribution is -2.44. The van der Waals surface area contributed by atoms with Gasteiger partial charge in [0.25, 0.3) is 0 Å². The first-order chi connectivity index (χ1) is 16.3. The summed E-state index contributed by atoms with van der Waals surface area (Å²) in [5.41, 5.74) is 3.26. The average molecular weight is 460 g/mol. The van der Waals surface area contributed by atoms with E-state index in [9.17, 15) is 4.79 Å². The monoisotopic (exact) mass is 459 g/mol. The molecule has 34 heavy (non-hydrogen) atoms. The van der Waals surface area contributed by atoms with Crippen LogP contribution in [0, 0.1) is 6.92 Å². The van der Waals surface area contributed by atoms with Crippen LogP contribution in [0.1, 0.15) is 80.6 Å². The summed E-state index contributed by atoms with van der Waals surface area (Å²) in [5.74, 6) is 0.799. The molecule has 0 N–H and O–H groups in total. The third kappa shape index (κ3) is 5.76. The van der Waals surface area contributed by atoms with Gasteiger partial charge in [0, 0.05) is 30.7 Å². The van der Waals surface area contributed by atoms with Gasteiger partial charge in [-0.2, -0.15) is 0 Å². The minimum atomic E-state index is -0.590. The Morgan fingerprint density at radius 2 is 1.71 bits per heavy atom. The van der Waals surface area contributed by atoms with Crippen molar-refractivity contribution in [3.63, 3.8) is 0 Å². The Bertz CT molecular complexity index is 1110. The number of carbonyl (C=O) groups excluding carboxylic acids is 1. The lowest BCUT2D eigenvalue weighted by Gasteiger charge is -2.42. The summed E-state index contributed by atoms with van der Waals surface area (Å²) in [6.07, 6.45) is 9.10. The van der Waals surface area contributed by atoms with E-state index in [0.29, 0.717) is 6.42 Å². The molecule has 1 saturated heterocycles. The van der Waals surface area contributed by atoms with E-state index in [1.165, 1.54) is 0 Å². The SMILES string of the molecule is Cc1cccnc1[C@@H]1CCC[C@H](c2cccc(CCc3ncccn3)n2)N1C(=O)OC(C)(C)C. The molecule has 3 aromatic heterocycles. The highest BCUT2D eigenvalue weighted by Crippen LogP contribution is 2.42. The molecule has 0 aromatic carbocycles. The summed E-state index contributed by atoms with van der Waals surface area (Å²) in [5, 5.41) is 0. The molecular formula is C27H33N5O2. The second kappa shape index (κ2) is 10.3. The van der Waals surface area contributed by atoms with Gasteiger partial charge in [0.15, 0.2) is 0 Å². The Hall–Kier alpha value is -3.35. The first-order valence-corrected chi connectivity index (χ1v) is 12.0. The van der Waals surface area contributed by atoms with Crippen molar-refractivity contribution >= 4 is 6.09 Å². The van der Waals surface area contributed by atoms with Crippen LogP contribution in [0.5, 0.6) is 0 Å². The Labute approximate surface area is 201 Å². The van der Waals surface area contributed by atoms with Crippen LogP contribution in [-0.4, -0.2) is 36.5 Å². The highest BCUT2D eigenvalue weighted by molar-refractivity contribution is 5.70. The Morgan fingerprint density at radius 1 is 0.971 bits per heavy atom. The minimum Gasteiger partial charge on any atom is -0.444 e. The summed E-state index contributed by atoms with van der Waals surface area (Å²) in [7, 11) is 0. The van der Waals surface area contributed by atoms with Crippen molar-refractivity contribution < 1.29 is 9.53 Å². The van der Waals surface area contributed by atoms with Crippen LogP contribution < -0.4 is 0 Å². The van der Waals surface area contributed by atoms with Crippen molar-refractivity contribution in [2.24, 2.45) is 0 Å². The van der Waals surface area contributed by atoms with Gasteiger partial charge >= 0.3 is 6.09 Å². The van der Waals surface area contributed by atoms with Crippen molar-refractivity contribution in [1.29, 1.82) is 0 Å². The maximum absolute atomic E-state index is 13.5. The van der Waals surface area contributed by atoms with Gasteiger partial charge in [-0.3, -0.25) is 14.9 Å². The molecule has 3 aromatic rings. The first kappa shape index (κ1) is 23.8. The standard InChI is InChI=1S/C27H33N5O2/c1-19-9-7-16-30-25(19)23-13-6-12-22(32(23)26(33)34-27(2,3)4)21-11-5-10-20(31-21)14-15-24-28-17-8-18-29-24/h5,7-11,16-18,22-23H,6,12-15H2,1-4H3/t22-,23+/m1/s1. The molecule has 1 aliphatic heterocycles. The Kier molecular flexibility index (Phi) is 7.20. The quantitative estimate of drug-likeness (QED) is 0.497. The Morgan fingerprint density at radius 3 is 2.44 bits per heavy atom. The maximum Gasteiger partial charge on any atom is 0.411 e. The van der Waals surface area contributed by atoms with Crippen LogP contribution in [0.3, 0.4) is 0 Å². The molecule has 0 spiro atoms. The molecule has 1 amide bonds. The van der Waals surface area contributed by atoms with Crippen molar-refractivity contribution in [2.75, 3.05) is 0 Å². The third-order valence-corrected chi connectivity index (χ3v) is 5.99. The van der Waals surface area contributed by atoms with Crippen LogP contribution in [0.15, 0.2) is 55.0 Å². The van der Waals surface area contributed by atoms with E-state index in [1.54, 1.807) is 18.6 Å². The van der Waals surface area contributed by atoms with Crippen molar-refractivity contribution in [1.82, 2.24) is 24.8 Å². The zero-order valence-electron chi connectivity index (χ0n) is 20.4. The fraction of sp³-hybridized carbons (Fsp3) is 0.444. The van der Waals surface area contributed by atoms with E-state index in [1.807, 2.05) is 69.0 Å². The van der Waals surface area contributed by atoms with Crippen LogP contribution in [0.2, 0.25) is 0 Å². The summed E-state index contributed by atoms with van der Waals surface area (Å²) in [6, 6.07) is 11.5. The average Bonchev–Trinajstić information content (AvgIpc) is 2.82. The normalized spacial score (nSPS) is 18.5. The summed E-state index contributed by atoms with van der Waals surface area (Å²) in [6.45, 7) is 7.74. The molecule has 0 bridgehead atoms. The lowest BCUT2D eigenvalue weighted by molar-refractivity contribution is -0.00806. The lowest BCUT2D eigenvalue weighted by atomic mass is 9.90. The van der Waals surface area contributed by atoms with Crippen molar-refractivity contribution in [2.45, 2.75) is 77.5 Å². The zero-order chi connectivity index (χ0) is 24.1. The second-order valence-corrected chi connectivity index (χ2v) is 9.77. The number of aromatic nitrogens is 4. The maximum atomic E-state index is 13.5. The van der Waals surface area contributed by atoms with E-state index in [4.69, 9.17) is 9.72 Å². The van der Waals surface area contributed by atoms with Crippen LogP contribution in [0.4, 0.5) is 4.79 Å². The number of amides is 1. The summed E-state index contributed by atoms with van der Waals surface area (Å²) < 4.78 is 5.87. The number of pyridine rings is 2. The number of likely N-dealkylation sites (tertiary alicyclic amines) is 1. The molecule has 0 saturated carbocycles. The van der Waals surface area contributed by atoms with E-state index >= 15 is 0 Å². The van der Waals surface area contributed by atoms with Gasteiger partial charge in [-0.05, 0) is 83.2 Å². The second-order valence-electron chi connectivity index (χ2n) is 9.77. The first-order valence-electron chi connectivity index (χ1n) is 12.0. The van der Waals surface area contributed by atoms with E-state index in [0.717, 1.165) is 54.2 Å². The number of piperidine rings is 1. The number of ether oxygens (including phenoxy) is 1. The molecule has 0 unspecified atom stereocenters. The predicted molar refractivity (Wildman–Crippen MR) is 130 cm³/mol. The van der Waals surface area contributed by atoms with Gasteiger partial charge in [-0.25, -0.2) is 14.8 Å². The number of hydrogen-bond donors (Lipinski definition) is 0. The van der Waals surface area contributed by atoms with Gasteiger partial charge in [0.1, 0.15) is 11.4 Å². The number of carbonyl (C=O) groups is 1. The molecule has 7 heteroatoms. The largest absolute Gasteiger partial charge is 0.444 e. The van der Waals surface area contributed by atoms with Gasteiger partial charge in [0.05, 0.1) is 23.5 Å². The molecule has 1 fully saturated rings. The smallest absolute Gasteiger partial charge is 0.411 e. The molecule has 7 nitrogen and oxygen atoms in total. The topological polar surface area (TPSA) is 81.1 Å². The Balaban J connectivity index is 1.64. The predicted octanol–water partition coefficient (Wildman–Crippen LogP) is 5.56. The minimum absolute atomic E-state index is 0.155. The summed E-state index contributed by atoms with van der Waals surface area (Å²) in [4.78, 5) is 33.6. The fourth-order valence-electron chi connectivity index (χ4n) is 4.50. The third-order valence-electron chi connectivity index (χ3n) is 5.99. The van der Waals surface area contributed by atoms with Gasteiger partial charge in [-0.1, -0.05) is 12.1 Å². The molecule has 4 rings (SSSR count). The van der Waals surface area contributed by atoms with Gasteiger partial charge in [-0.15, -0.1) is 0 Å². The van der Waals surface area contributed by atoms with E-state index in [2.05, 4.69) is 15.0 Å². The molecule has 0 aliphatic carbocycles. The molecule has 4 heterocycles. The molecule has 2 atom stereocenters. The fourth-order valence-corrected chi connectivity index (χ4v) is 4.50. The van der Waals surface area contributed by atoms with E-state index < -0.39 is 5.60 Å². The van der Waals surface area contributed by atoms with Crippen molar-refractivity contribution in [3.05, 3.63) is 83.5 Å². The van der Waals surface area contributed by atoms with E-state index in [-0.39, 0.29) is 18.2 Å². The summed E-state index contributed by atoms with van der Waals surface area (Å²) >= 11 is 0. The number of hydrogen-bond acceptors (Lipinski definition) is 6.